The number of aromatic nitrogens is 1. The minimum atomic E-state index is -0.297. The van der Waals surface area contributed by atoms with E-state index in [1.807, 2.05) is 19.2 Å². The van der Waals surface area contributed by atoms with Crippen LogP contribution in [0.2, 0.25) is 0 Å². The van der Waals surface area contributed by atoms with E-state index in [1.54, 1.807) is 12.1 Å². The largest absolute Gasteiger partial charge is 0.354 e. The highest BCUT2D eigenvalue weighted by Crippen LogP contribution is 2.30. The maximum atomic E-state index is 11.2. The van der Waals surface area contributed by atoms with Gasteiger partial charge in [-0.05, 0) is 45.1 Å². The van der Waals surface area contributed by atoms with E-state index in [0.717, 1.165) is 49.7 Å². The Kier molecular flexibility index (Phi) is 6.26. The van der Waals surface area contributed by atoms with E-state index in [2.05, 4.69) is 52.8 Å². The molecule has 0 saturated carbocycles. The summed E-state index contributed by atoms with van der Waals surface area (Å²) in [6, 6.07) is 9.76. The van der Waals surface area contributed by atoms with Gasteiger partial charge in [-0.1, -0.05) is 18.2 Å². The number of hydrogen-bond acceptors (Lipinski definition) is 6. The van der Waals surface area contributed by atoms with Crippen molar-refractivity contribution >= 4 is 11.5 Å². The van der Waals surface area contributed by atoms with Gasteiger partial charge in [-0.25, -0.2) is 4.98 Å². The highest BCUT2D eigenvalue weighted by atomic mass is 16.6. The molecular formula is C21H29N5O2. The van der Waals surface area contributed by atoms with E-state index < -0.39 is 0 Å². The van der Waals surface area contributed by atoms with Crippen molar-refractivity contribution in [3.8, 4) is 0 Å². The lowest BCUT2D eigenvalue weighted by Gasteiger charge is -2.39. The third-order valence-corrected chi connectivity index (χ3v) is 5.49. The number of nitrogens with zero attached hydrogens (tertiary/aromatic N) is 5. The Morgan fingerprint density at radius 1 is 1.18 bits per heavy atom. The first-order chi connectivity index (χ1) is 13.4. The Labute approximate surface area is 166 Å². The summed E-state index contributed by atoms with van der Waals surface area (Å²) in [5.74, 6) is 1.02. The minimum absolute atomic E-state index is 0.150. The lowest BCUT2D eigenvalue weighted by atomic mass is 9.99. The van der Waals surface area contributed by atoms with E-state index in [-0.39, 0.29) is 16.7 Å². The number of nitro benzene ring substituents is 1. The molecule has 0 radical (unpaired) electrons. The molecule has 0 unspecified atom stereocenters. The molecule has 0 spiro atoms. The minimum Gasteiger partial charge on any atom is -0.354 e. The fraction of sp³-hybridized carbons (Fsp3) is 0.476. The third-order valence-electron chi connectivity index (χ3n) is 5.49. The van der Waals surface area contributed by atoms with Gasteiger partial charge in [-0.3, -0.25) is 15.0 Å². The van der Waals surface area contributed by atoms with E-state index >= 15 is 0 Å². The molecule has 150 valence electrons. The summed E-state index contributed by atoms with van der Waals surface area (Å²) in [6.07, 6.45) is 1.96. The summed E-state index contributed by atoms with van der Waals surface area (Å²) in [5, 5.41) is 11.2. The van der Waals surface area contributed by atoms with Gasteiger partial charge in [0.25, 0.3) is 5.69 Å². The van der Waals surface area contributed by atoms with Gasteiger partial charge in [0.05, 0.1) is 4.92 Å². The highest BCUT2D eigenvalue weighted by molar-refractivity contribution is 5.46. The lowest BCUT2D eigenvalue weighted by molar-refractivity contribution is -0.385. The van der Waals surface area contributed by atoms with Gasteiger partial charge in [0, 0.05) is 56.6 Å². The van der Waals surface area contributed by atoms with Crippen LogP contribution < -0.4 is 4.90 Å². The number of pyridine rings is 1. The molecule has 1 aliphatic rings. The monoisotopic (exact) mass is 383 g/mol. The van der Waals surface area contributed by atoms with Gasteiger partial charge in [0.15, 0.2) is 0 Å². The molecule has 1 aromatic heterocycles. The van der Waals surface area contributed by atoms with Crippen molar-refractivity contribution in [1.82, 2.24) is 14.8 Å². The predicted molar refractivity (Wildman–Crippen MR) is 112 cm³/mol. The summed E-state index contributed by atoms with van der Waals surface area (Å²) in [4.78, 5) is 22.4. The van der Waals surface area contributed by atoms with E-state index in [0.29, 0.717) is 0 Å². The van der Waals surface area contributed by atoms with Crippen LogP contribution >= 0.6 is 0 Å². The normalized spacial score (nSPS) is 16.4. The second kappa shape index (κ2) is 8.67. The average Bonchev–Trinajstić information content (AvgIpc) is 2.68. The van der Waals surface area contributed by atoms with Crippen LogP contribution in [0, 0.1) is 17.0 Å². The molecule has 28 heavy (non-hydrogen) atoms. The molecule has 1 fully saturated rings. The lowest BCUT2D eigenvalue weighted by Crippen LogP contribution is -2.47. The molecule has 1 aliphatic heterocycles. The zero-order chi connectivity index (χ0) is 20.3. The van der Waals surface area contributed by atoms with Crippen molar-refractivity contribution in [2.24, 2.45) is 0 Å². The second-order valence-corrected chi connectivity index (χ2v) is 7.71. The van der Waals surface area contributed by atoms with Gasteiger partial charge in [-0.15, -0.1) is 0 Å². The van der Waals surface area contributed by atoms with Gasteiger partial charge < -0.3 is 9.80 Å². The van der Waals surface area contributed by atoms with Crippen LogP contribution in [-0.4, -0.2) is 60.0 Å². The Hall–Kier alpha value is -2.51. The molecule has 1 atom stereocenters. The van der Waals surface area contributed by atoms with Crippen molar-refractivity contribution < 1.29 is 4.92 Å². The standard InChI is InChI=1S/C21H29N5O2/c1-16-19(6-5-7-20(16)26(27)28)17(2)24-10-12-25(13-11-24)21-9-8-18(14-22-21)15-23(3)4/h5-9,14,17H,10-13,15H2,1-4H3/t17-/m1/s1. The topological polar surface area (TPSA) is 65.8 Å². The van der Waals surface area contributed by atoms with E-state index in [1.165, 1.54) is 5.56 Å². The number of benzene rings is 1. The number of piperazine rings is 1. The van der Waals surface area contributed by atoms with Crippen molar-refractivity contribution in [3.05, 3.63) is 63.3 Å². The molecule has 7 heteroatoms. The molecular weight excluding hydrogens is 354 g/mol. The number of nitro groups is 1. The van der Waals surface area contributed by atoms with Crippen molar-refractivity contribution in [3.63, 3.8) is 0 Å². The Morgan fingerprint density at radius 2 is 1.89 bits per heavy atom. The van der Waals surface area contributed by atoms with E-state index in [4.69, 9.17) is 0 Å². The van der Waals surface area contributed by atoms with E-state index in [9.17, 15) is 10.1 Å². The van der Waals surface area contributed by atoms with Gasteiger partial charge in [0.2, 0.25) is 0 Å². The molecule has 2 heterocycles. The third kappa shape index (κ3) is 4.48. The van der Waals surface area contributed by atoms with Crippen LogP contribution in [0.1, 0.15) is 29.7 Å². The summed E-state index contributed by atoms with van der Waals surface area (Å²) in [7, 11) is 4.11. The summed E-state index contributed by atoms with van der Waals surface area (Å²) in [6.45, 7) is 8.49. The SMILES string of the molecule is Cc1c([C@@H](C)N2CCN(c3ccc(CN(C)C)cn3)CC2)cccc1[N+](=O)[O-]. The first-order valence-corrected chi connectivity index (χ1v) is 9.69. The summed E-state index contributed by atoms with van der Waals surface area (Å²) >= 11 is 0. The van der Waals surface area contributed by atoms with Gasteiger partial charge in [-0.2, -0.15) is 0 Å². The van der Waals surface area contributed by atoms with Crippen LogP contribution in [0.5, 0.6) is 0 Å². The molecule has 1 aromatic carbocycles. The molecule has 7 nitrogen and oxygen atoms in total. The van der Waals surface area contributed by atoms with Gasteiger partial charge in [0.1, 0.15) is 5.82 Å². The van der Waals surface area contributed by atoms with Crippen LogP contribution in [0.3, 0.4) is 0 Å². The number of rotatable bonds is 6. The molecule has 3 rings (SSSR count). The smallest absolute Gasteiger partial charge is 0.272 e. The van der Waals surface area contributed by atoms with Crippen LogP contribution in [0.25, 0.3) is 0 Å². The van der Waals surface area contributed by atoms with Crippen LogP contribution in [0.15, 0.2) is 36.5 Å². The summed E-state index contributed by atoms with van der Waals surface area (Å²) < 4.78 is 0. The summed E-state index contributed by atoms with van der Waals surface area (Å²) in [5.41, 5.74) is 3.21. The average molecular weight is 383 g/mol. The molecule has 0 amide bonds. The maximum absolute atomic E-state index is 11.2. The fourth-order valence-corrected chi connectivity index (χ4v) is 3.89. The van der Waals surface area contributed by atoms with Gasteiger partial charge >= 0.3 is 0 Å². The molecule has 2 aromatic rings. The Balaban J connectivity index is 1.64. The number of anilines is 1. The first kappa shape index (κ1) is 20.2. The Bertz CT molecular complexity index is 814. The van der Waals surface area contributed by atoms with Crippen LogP contribution in [0.4, 0.5) is 11.5 Å². The highest BCUT2D eigenvalue weighted by Gasteiger charge is 2.25. The molecule has 0 aliphatic carbocycles. The zero-order valence-corrected chi connectivity index (χ0v) is 17.1. The quantitative estimate of drug-likeness (QED) is 0.564. The van der Waals surface area contributed by atoms with Crippen molar-refractivity contribution in [2.45, 2.75) is 26.4 Å². The predicted octanol–water partition coefficient (Wildman–Crippen LogP) is 3.24. The second-order valence-electron chi connectivity index (χ2n) is 7.71. The van der Waals surface area contributed by atoms with Crippen LogP contribution in [-0.2, 0) is 6.54 Å². The fourth-order valence-electron chi connectivity index (χ4n) is 3.89. The maximum Gasteiger partial charge on any atom is 0.272 e. The zero-order valence-electron chi connectivity index (χ0n) is 17.1. The van der Waals surface area contributed by atoms with Crippen molar-refractivity contribution in [1.29, 1.82) is 0 Å². The number of hydrogen-bond donors (Lipinski definition) is 0. The molecule has 1 saturated heterocycles. The first-order valence-electron chi connectivity index (χ1n) is 9.69. The Morgan fingerprint density at radius 3 is 2.46 bits per heavy atom. The molecule has 0 bridgehead atoms. The van der Waals surface area contributed by atoms with Crippen molar-refractivity contribution in [2.75, 3.05) is 45.2 Å². The molecule has 0 N–H and O–H groups in total.